The first-order chi connectivity index (χ1) is 6.56. The van der Waals surface area contributed by atoms with E-state index in [1.807, 2.05) is 13.8 Å². The Balaban J connectivity index is 3.27. The monoisotopic (exact) mass is 188 g/mol. The molecule has 1 aromatic rings. The Kier molecular flexibility index (Phi) is 2.88. The van der Waals surface area contributed by atoms with Gasteiger partial charge in [-0.1, -0.05) is 19.9 Å². The second-order valence-corrected chi connectivity index (χ2v) is 3.43. The van der Waals surface area contributed by atoms with Gasteiger partial charge in [0.05, 0.1) is 11.6 Å². The average Bonchev–Trinajstić information content (AvgIpc) is 2.16. The lowest BCUT2D eigenvalue weighted by atomic mass is 9.96. The number of nitrogens with zero attached hydrogens (tertiary/aromatic N) is 1. The van der Waals surface area contributed by atoms with E-state index in [1.165, 1.54) is 6.07 Å². The van der Waals surface area contributed by atoms with Gasteiger partial charge in [0, 0.05) is 5.56 Å². The summed E-state index contributed by atoms with van der Waals surface area (Å²) in [5.74, 6) is -0.233. The van der Waals surface area contributed by atoms with E-state index in [0.717, 1.165) is 5.56 Å². The minimum Gasteiger partial charge on any atom is -0.366 e. The van der Waals surface area contributed by atoms with Crippen LogP contribution in [-0.2, 0) is 0 Å². The van der Waals surface area contributed by atoms with Crippen LogP contribution in [0.4, 0.5) is 0 Å². The molecule has 3 nitrogen and oxygen atoms in total. The number of amides is 1. The van der Waals surface area contributed by atoms with Crippen molar-refractivity contribution >= 4 is 5.91 Å². The normalized spacial score (nSPS) is 9.86. The quantitative estimate of drug-likeness (QED) is 0.768. The smallest absolute Gasteiger partial charge is 0.248 e. The molecule has 0 bridgehead atoms. The van der Waals surface area contributed by atoms with Crippen molar-refractivity contribution in [3.05, 3.63) is 34.9 Å². The van der Waals surface area contributed by atoms with Crippen molar-refractivity contribution in [2.24, 2.45) is 5.73 Å². The van der Waals surface area contributed by atoms with Gasteiger partial charge in [0.25, 0.3) is 0 Å². The number of nitrogens with two attached hydrogens (primary N) is 1. The third-order valence-electron chi connectivity index (χ3n) is 2.08. The summed E-state index contributed by atoms with van der Waals surface area (Å²) in [4.78, 5) is 10.9. The van der Waals surface area contributed by atoms with Crippen LogP contribution in [0.2, 0.25) is 0 Å². The number of primary amides is 1. The van der Waals surface area contributed by atoms with Crippen molar-refractivity contribution in [3.63, 3.8) is 0 Å². The van der Waals surface area contributed by atoms with Gasteiger partial charge in [-0.15, -0.1) is 0 Å². The predicted molar refractivity (Wildman–Crippen MR) is 53.8 cm³/mol. The SMILES string of the molecule is CC(C)c1ccc(C(N)=O)cc1C#N. The van der Waals surface area contributed by atoms with E-state index in [2.05, 4.69) is 6.07 Å². The predicted octanol–water partition coefficient (Wildman–Crippen LogP) is 1.78. The van der Waals surface area contributed by atoms with Crippen molar-refractivity contribution in [1.29, 1.82) is 5.26 Å². The van der Waals surface area contributed by atoms with Crippen molar-refractivity contribution < 1.29 is 4.79 Å². The Labute approximate surface area is 83.2 Å². The Bertz CT molecular complexity index is 402. The Morgan fingerprint density at radius 3 is 2.57 bits per heavy atom. The van der Waals surface area contributed by atoms with Gasteiger partial charge < -0.3 is 5.73 Å². The molecule has 0 saturated carbocycles. The second-order valence-electron chi connectivity index (χ2n) is 3.43. The molecule has 1 aromatic carbocycles. The molecule has 0 aromatic heterocycles. The maximum Gasteiger partial charge on any atom is 0.248 e. The van der Waals surface area contributed by atoms with E-state index in [4.69, 9.17) is 11.0 Å². The maximum atomic E-state index is 10.9. The molecule has 0 saturated heterocycles. The zero-order chi connectivity index (χ0) is 10.7. The molecule has 1 amide bonds. The fourth-order valence-electron chi connectivity index (χ4n) is 1.31. The van der Waals surface area contributed by atoms with Crippen LogP contribution in [0, 0.1) is 11.3 Å². The summed E-state index contributed by atoms with van der Waals surface area (Å²) in [6, 6.07) is 7.04. The Morgan fingerprint density at radius 2 is 2.14 bits per heavy atom. The maximum absolute atomic E-state index is 10.9. The Hall–Kier alpha value is -1.82. The standard InChI is InChI=1S/C11H12N2O/c1-7(2)10-4-3-8(11(13)14)5-9(10)6-12/h3-5,7H,1-2H3,(H2,13,14). The van der Waals surface area contributed by atoms with Gasteiger partial charge in [-0.25, -0.2) is 0 Å². The van der Waals surface area contributed by atoms with E-state index in [0.29, 0.717) is 11.1 Å². The first-order valence-corrected chi connectivity index (χ1v) is 4.40. The number of nitriles is 1. The molecular weight excluding hydrogens is 176 g/mol. The van der Waals surface area contributed by atoms with Gasteiger partial charge in [0.15, 0.2) is 0 Å². The van der Waals surface area contributed by atoms with E-state index in [-0.39, 0.29) is 5.92 Å². The molecule has 0 aliphatic heterocycles. The summed E-state index contributed by atoms with van der Waals surface area (Å²) in [6.45, 7) is 4.00. The molecule has 72 valence electrons. The van der Waals surface area contributed by atoms with Crippen LogP contribution in [0.3, 0.4) is 0 Å². The lowest BCUT2D eigenvalue weighted by Crippen LogP contribution is -2.11. The van der Waals surface area contributed by atoms with Gasteiger partial charge >= 0.3 is 0 Å². The van der Waals surface area contributed by atoms with Crippen LogP contribution in [-0.4, -0.2) is 5.91 Å². The highest BCUT2D eigenvalue weighted by Gasteiger charge is 2.09. The number of rotatable bonds is 2. The zero-order valence-electron chi connectivity index (χ0n) is 8.24. The van der Waals surface area contributed by atoms with Crippen LogP contribution in [0.25, 0.3) is 0 Å². The fraction of sp³-hybridized carbons (Fsp3) is 0.273. The lowest BCUT2D eigenvalue weighted by molar-refractivity contribution is 0.1000. The van der Waals surface area contributed by atoms with Gasteiger partial charge in [0.2, 0.25) is 5.91 Å². The topological polar surface area (TPSA) is 66.9 Å². The second kappa shape index (κ2) is 3.93. The molecule has 14 heavy (non-hydrogen) atoms. The number of hydrogen-bond acceptors (Lipinski definition) is 2. The molecule has 1 rings (SSSR count). The van der Waals surface area contributed by atoms with Crippen molar-refractivity contribution in [2.75, 3.05) is 0 Å². The third-order valence-corrected chi connectivity index (χ3v) is 2.08. The molecule has 0 aliphatic carbocycles. The Morgan fingerprint density at radius 1 is 1.50 bits per heavy atom. The van der Waals surface area contributed by atoms with Crippen LogP contribution < -0.4 is 5.73 Å². The first kappa shape index (κ1) is 10.3. The highest BCUT2D eigenvalue weighted by atomic mass is 16.1. The molecule has 2 N–H and O–H groups in total. The number of hydrogen-bond donors (Lipinski definition) is 1. The summed E-state index contributed by atoms with van der Waals surface area (Å²) in [6.07, 6.45) is 0. The zero-order valence-corrected chi connectivity index (χ0v) is 8.24. The molecule has 0 fully saturated rings. The van der Waals surface area contributed by atoms with E-state index in [9.17, 15) is 4.79 Å². The minimum atomic E-state index is -0.503. The molecule has 0 radical (unpaired) electrons. The van der Waals surface area contributed by atoms with Crippen molar-refractivity contribution in [2.45, 2.75) is 19.8 Å². The average molecular weight is 188 g/mol. The van der Waals surface area contributed by atoms with E-state index >= 15 is 0 Å². The largest absolute Gasteiger partial charge is 0.366 e. The van der Waals surface area contributed by atoms with Gasteiger partial charge in [-0.3, -0.25) is 4.79 Å². The molecular formula is C11H12N2O. The van der Waals surface area contributed by atoms with Crippen molar-refractivity contribution in [3.8, 4) is 6.07 Å². The first-order valence-electron chi connectivity index (χ1n) is 4.40. The molecule has 0 spiro atoms. The van der Waals surface area contributed by atoms with Gasteiger partial charge in [-0.2, -0.15) is 5.26 Å². The van der Waals surface area contributed by atoms with Crippen LogP contribution >= 0.6 is 0 Å². The highest BCUT2D eigenvalue weighted by molar-refractivity contribution is 5.93. The summed E-state index contributed by atoms with van der Waals surface area (Å²) >= 11 is 0. The fourth-order valence-corrected chi connectivity index (χ4v) is 1.31. The van der Waals surface area contributed by atoms with Crippen molar-refractivity contribution in [1.82, 2.24) is 0 Å². The number of carbonyl (C=O) groups is 1. The van der Waals surface area contributed by atoms with E-state index in [1.54, 1.807) is 12.1 Å². The van der Waals surface area contributed by atoms with Crippen LogP contribution in [0.5, 0.6) is 0 Å². The highest BCUT2D eigenvalue weighted by Crippen LogP contribution is 2.19. The summed E-state index contributed by atoms with van der Waals surface area (Å²) in [7, 11) is 0. The number of benzene rings is 1. The molecule has 0 aliphatic rings. The van der Waals surface area contributed by atoms with Crippen LogP contribution in [0.1, 0.15) is 41.3 Å². The van der Waals surface area contributed by atoms with Gasteiger partial charge in [0.1, 0.15) is 0 Å². The molecule has 0 unspecified atom stereocenters. The minimum absolute atomic E-state index is 0.270. The van der Waals surface area contributed by atoms with E-state index < -0.39 is 5.91 Å². The summed E-state index contributed by atoms with van der Waals surface area (Å²) in [5.41, 5.74) is 6.96. The van der Waals surface area contributed by atoms with Gasteiger partial charge in [-0.05, 0) is 23.6 Å². The molecule has 0 heterocycles. The summed E-state index contributed by atoms with van der Waals surface area (Å²) < 4.78 is 0. The lowest BCUT2D eigenvalue weighted by Gasteiger charge is -2.08. The third kappa shape index (κ3) is 1.91. The number of carbonyl (C=O) groups excluding carboxylic acids is 1. The molecule has 3 heteroatoms. The summed E-state index contributed by atoms with van der Waals surface area (Å²) in [5, 5.41) is 8.87. The van der Waals surface area contributed by atoms with Crippen LogP contribution in [0.15, 0.2) is 18.2 Å². The molecule has 0 atom stereocenters.